The molecule has 1 aliphatic rings. The normalized spacial score (nSPS) is 21.3. The zero-order valence-electron chi connectivity index (χ0n) is 7.24. The monoisotopic (exact) mass is 161 g/mol. The summed E-state index contributed by atoms with van der Waals surface area (Å²) in [4.78, 5) is 0. The minimum Gasteiger partial charge on any atom is -0.618 e. The predicted octanol–water partition coefficient (Wildman–Crippen LogP) is 2.41. The van der Waals surface area contributed by atoms with Crippen LogP contribution in [0, 0.1) is 5.21 Å². The molecule has 1 atom stereocenters. The number of fused-ring (bicyclic) bond motifs is 1. The molecule has 1 heterocycles. The molecule has 0 radical (unpaired) electrons. The van der Waals surface area contributed by atoms with Gasteiger partial charge in [0.25, 0.3) is 0 Å². The molecular weight excluding hydrogens is 150 g/mol. The average Bonchev–Trinajstić information content (AvgIpc) is 2.33. The van der Waals surface area contributed by atoms with Crippen molar-refractivity contribution in [2.75, 3.05) is 0 Å². The molecule has 1 aromatic carbocycles. The first kappa shape index (κ1) is 7.35. The third-order valence-corrected chi connectivity index (χ3v) is 2.57. The van der Waals surface area contributed by atoms with Crippen LogP contribution in [0.25, 0.3) is 0 Å². The van der Waals surface area contributed by atoms with Crippen molar-refractivity contribution in [2.24, 2.45) is 0 Å². The van der Waals surface area contributed by atoms with Crippen molar-refractivity contribution in [3.05, 3.63) is 35.0 Å². The Morgan fingerprint density at radius 1 is 1.33 bits per heavy atom. The molecular formula is C10H11NO. The zero-order valence-corrected chi connectivity index (χ0v) is 7.24. The number of hydrogen-bond donors (Lipinski definition) is 0. The fourth-order valence-electron chi connectivity index (χ4n) is 1.63. The summed E-state index contributed by atoms with van der Waals surface area (Å²) < 4.78 is 1.03. The molecule has 1 aliphatic heterocycles. The van der Waals surface area contributed by atoms with Gasteiger partial charge in [-0.05, 0) is 6.92 Å². The van der Waals surface area contributed by atoms with Crippen LogP contribution in [-0.2, 0) is 0 Å². The van der Waals surface area contributed by atoms with E-state index >= 15 is 0 Å². The third kappa shape index (κ3) is 0.779. The summed E-state index contributed by atoms with van der Waals surface area (Å²) >= 11 is 0. The van der Waals surface area contributed by atoms with Crippen LogP contribution in [0.2, 0.25) is 0 Å². The van der Waals surface area contributed by atoms with E-state index in [2.05, 4.69) is 6.92 Å². The Morgan fingerprint density at radius 2 is 2.00 bits per heavy atom. The van der Waals surface area contributed by atoms with Crippen LogP contribution in [0.4, 0.5) is 5.69 Å². The second-order valence-electron chi connectivity index (χ2n) is 3.22. The second-order valence-corrected chi connectivity index (χ2v) is 3.22. The Hall–Kier alpha value is -1.31. The molecule has 1 aromatic rings. The molecule has 0 spiro atoms. The number of benzene rings is 1. The van der Waals surface area contributed by atoms with E-state index in [9.17, 15) is 5.21 Å². The second kappa shape index (κ2) is 2.34. The first-order valence-corrected chi connectivity index (χ1v) is 4.11. The highest BCUT2D eigenvalue weighted by Crippen LogP contribution is 2.33. The van der Waals surface area contributed by atoms with Gasteiger partial charge in [0.15, 0.2) is 5.71 Å². The van der Waals surface area contributed by atoms with Crippen LogP contribution in [0.1, 0.15) is 25.3 Å². The van der Waals surface area contributed by atoms with E-state index in [4.69, 9.17) is 0 Å². The lowest BCUT2D eigenvalue weighted by Gasteiger charge is -1.98. The maximum absolute atomic E-state index is 11.5. The summed E-state index contributed by atoms with van der Waals surface area (Å²) in [6, 6.07) is 7.76. The standard InChI is InChI=1S/C10H11NO/c1-7-8(2)11(12)10-6-4-3-5-9(7)10/h3-7H,1-2H3. The van der Waals surface area contributed by atoms with Crippen LogP contribution in [0.15, 0.2) is 24.3 Å². The van der Waals surface area contributed by atoms with Gasteiger partial charge >= 0.3 is 0 Å². The summed E-state index contributed by atoms with van der Waals surface area (Å²) in [7, 11) is 0. The van der Waals surface area contributed by atoms with Crippen molar-refractivity contribution < 1.29 is 4.74 Å². The Labute approximate surface area is 71.7 Å². The van der Waals surface area contributed by atoms with Gasteiger partial charge in [0.1, 0.15) is 0 Å². The van der Waals surface area contributed by atoms with Crippen molar-refractivity contribution in [2.45, 2.75) is 19.8 Å². The molecule has 0 bridgehead atoms. The van der Waals surface area contributed by atoms with Crippen LogP contribution < -0.4 is 0 Å². The highest BCUT2D eigenvalue weighted by atomic mass is 16.5. The van der Waals surface area contributed by atoms with Crippen molar-refractivity contribution in [3.8, 4) is 0 Å². The molecule has 0 saturated carbocycles. The summed E-state index contributed by atoms with van der Waals surface area (Å²) in [6.45, 7) is 3.95. The molecule has 0 aromatic heterocycles. The van der Waals surface area contributed by atoms with Gasteiger partial charge in [-0.2, -0.15) is 4.74 Å². The number of rotatable bonds is 0. The van der Waals surface area contributed by atoms with Gasteiger partial charge in [0, 0.05) is 18.6 Å². The lowest BCUT2D eigenvalue weighted by Crippen LogP contribution is -2.05. The highest BCUT2D eigenvalue weighted by Gasteiger charge is 2.29. The summed E-state index contributed by atoms with van der Waals surface area (Å²) in [5.41, 5.74) is 2.84. The minimum absolute atomic E-state index is 0.277. The van der Waals surface area contributed by atoms with Gasteiger partial charge in [0.05, 0.1) is 5.92 Å². The molecule has 2 nitrogen and oxygen atoms in total. The Morgan fingerprint density at radius 3 is 2.67 bits per heavy atom. The lowest BCUT2D eigenvalue weighted by molar-refractivity contribution is -0.358. The van der Waals surface area contributed by atoms with Gasteiger partial charge in [-0.15, -0.1) is 0 Å². The van der Waals surface area contributed by atoms with Crippen molar-refractivity contribution in [3.63, 3.8) is 0 Å². The molecule has 12 heavy (non-hydrogen) atoms. The molecule has 0 N–H and O–H groups in total. The summed E-state index contributed by atoms with van der Waals surface area (Å²) in [5, 5.41) is 11.5. The quantitative estimate of drug-likeness (QED) is 0.424. The highest BCUT2D eigenvalue weighted by molar-refractivity contribution is 5.89. The minimum atomic E-state index is 0.277. The maximum Gasteiger partial charge on any atom is 0.220 e. The van der Waals surface area contributed by atoms with Crippen molar-refractivity contribution in [1.29, 1.82) is 0 Å². The SMILES string of the molecule is CC1=[N+]([O-])c2ccccc2C1C. The van der Waals surface area contributed by atoms with Gasteiger partial charge in [-0.3, -0.25) is 0 Å². The molecule has 0 fully saturated rings. The molecule has 2 rings (SSSR count). The van der Waals surface area contributed by atoms with E-state index in [-0.39, 0.29) is 5.92 Å². The predicted molar refractivity (Wildman–Crippen MR) is 48.8 cm³/mol. The first-order chi connectivity index (χ1) is 5.72. The molecule has 1 unspecified atom stereocenters. The lowest BCUT2D eigenvalue weighted by atomic mass is 9.99. The van der Waals surface area contributed by atoms with Gasteiger partial charge in [-0.1, -0.05) is 18.2 Å². The van der Waals surface area contributed by atoms with Gasteiger partial charge < -0.3 is 5.21 Å². The zero-order chi connectivity index (χ0) is 8.72. The van der Waals surface area contributed by atoms with E-state index < -0.39 is 0 Å². The molecule has 0 saturated heterocycles. The largest absolute Gasteiger partial charge is 0.618 e. The van der Waals surface area contributed by atoms with Crippen LogP contribution in [0.5, 0.6) is 0 Å². The fourth-order valence-corrected chi connectivity index (χ4v) is 1.63. The number of nitrogens with zero attached hydrogens (tertiary/aromatic N) is 1. The molecule has 0 aliphatic carbocycles. The smallest absolute Gasteiger partial charge is 0.220 e. The fraction of sp³-hybridized carbons (Fsp3) is 0.300. The van der Waals surface area contributed by atoms with E-state index in [0.29, 0.717) is 0 Å². The topological polar surface area (TPSA) is 26.1 Å². The van der Waals surface area contributed by atoms with Crippen LogP contribution in [-0.4, -0.2) is 10.5 Å². The molecule has 0 amide bonds. The summed E-state index contributed by atoms with van der Waals surface area (Å²) in [5.74, 6) is 0.277. The van der Waals surface area contributed by atoms with E-state index in [0.717, 1.165) is 21.7 Å². The Kier molecular flexibility index (Phi) is 1.43. The van der Waals surface area contributed by atoms with Crippen molar-refractivity contribution in [1.82, 2.24) is 0 Å². The summed E-state index contributed by atoms with van der Waals surface area (Å²) in [6.07, 6.45) is 0. The molecule has 2 heteroatoms. The number of hydrogen-bond acceptors (Lipinski definition) is 1. The van der Waals surface area contributed by atoms with Crippen LogP contribution >= 0.6 is 0 Å². The van der Waals surface area contributed by atoms with Crippen molar-refractivity contribution >= 4 is 11.4 Å². The van der Waals surface area contributed by atoms with Gasteiger partial charge in [0.2, 0.25) is 5.69 Å². The molecule has 62 valence electrons. The van der Waals surface area contributed by atoms with E-state index in [1.807, 2.05) is 31.2 Å². The average molecular weight is 161 g/mol. The Bertz CT molecular complexity index is 355. The first-order valence-electron chi connectivity index (χ1n) is 4.11. The van der Waals surface area contributed by atoms with E-state index in [1.54, 1.807) is 0 Å². The number of para-hydroxylation sites is 1. The van der Waals surface area contributed by atoms with Gasteiger partial charge in [-0.25, -0.2) is 0 Å². The third-order valence-electron chi connectivity index (χ3n) is 2.57. The Balaban J connectivity index is 2.65. The van der Waals surface area contributed by atoms with E-state index in [1.165, 1.54) is 0 Å². The van der Waals surface area contributed by atoms with Crippen LogP contribution in [0.3, 0.4) is 0 Å². The maximum atomic E-state index is 11.5.